The van der Waals surface area contributed by atoms with Gasteiger partial charge in [-0.15, -0.1) is 11.3 Å². The van der Waals surface area contributed by atoms with Crippen LogP contribution in [0, 0.1) is 13.8 Å². The third-order valence-corrected chi connectivity index (χ3v) is 5.23. The lowest BCUT2D eigenvalue weighted by molar-refractivity contribution is 0.212. The van der Waals surface area contributed by atoms with Crippen LogP contribution in [0.4, 0.5) is 0 Å². The predicted octanol–water partition coefficient (Wildman–Crippen LogP) is 4.74. The molecule has 1 aliphatic heterocycles. The molecule has 3 heterocycles. The molecule has 4 heteroatoms. The van der Waals surface area contributed by atoms with Gasteiger partial charge in [0.2, 0.25) is 0 Å². The van der Waals surface area contributed by atoms with E-state index in [9.17, 15) is 0 Å². The zero-order valence-corrected chi connectivity index (χ0v) is 12.5. The summed E-state index contributed by atoms with van der Waals surface area (Å²) in [4.78, 5) is 4.82. The van der Waals surface area contributed by atoms with Crippen molar-refractivity contribution in [2.24, 2.45) is 0 Å². The lowest BCUT2D eigenvalue weighted by atomic mass is 10.1. The Morgan fingerprint density at radius 1 is 1.15 bits per heavy atom. The average Bonchev–Trinajstić information content (AvgIpc) is 3.10. The van der Waals surface area contributed by atoms with Crippen molar-refractivity contribution in [3.05, 3.63) is 46.4 Å². The van der Waals surface area contributed by atoms with Crippen molar-refractivity contribution in [1.82, 2.24) is 4.98 Å². The van der Waals surface area contributed by atoms with E-state index in [1.165, 1.54) is 15.8 Å². The van der Waals surface area contributed by atoms with Gasteiger partial charge in [-0.2, -0.15) is 0 Å². The van der Waals surface area contributed by atoms with E-state index in [-0.39, 0.29) is 12.0 Å². The minimum Gasteiger partial charge on any atom is -0.479 e. The van der Waals surface area contributed by atoms with Crippen molar-refractivity contribution in [2.75, 3.05) is 0 Å². The molecule has 0 saturated carbocycles. The molecule has 2 atom stereocenters. The van der Waals surface area contributed by atoms with Crippen LogP contribution in [0.15, 0.2) is 28.9 Å². The van der Waals surface area contributed by atoms with Gasteiger partial charge in [-0.3, -0.25) is 0 Å². The van der Waals surface area contributed by atoms with Crippen LogP contribution < -0.4 is 4.74 Å². The summed E-state index contributed by atoms with van der Waals surface area (Å²) >= 11 is 1.74. The smallest absolute Gasteiger partial charge is 0.162 e. The maximum absolute atomic E-state index is 6.01. The number of rotatable bonds is 1. The number of fused-ring (bicyclic) bond motifs is 2. The van der Waals surface area contributed by atoms with Gasteiger partial charge in [0.1, 0.15) is 5.01 Å². The third kappa shape index (κ3) is 1.54. The van der Waals surface area contributed by atoms with Crippen LogP contribution in [0.25, 0.3) is 10.2 Å². The second kappa shape index (κ2) is 4.09. The van der Waals surface area contributed by atoms with Gasteiger partial charge < -0.3 is 9.15 Å². The summed E-state index contributed by atoms with van der Waals surface area (Å²) in [5, 5.41) is 1.04. The molecule has 0 aliphatic carbocycles. The standard InChI is InChI=1S/C16H15NO2S/c1-8-4-5-9(2)15-12(8)17-16(20-15)14-10(3)13-11(19-14)6-7-18-13/h4-7,10,14H,1-3H3. The molecule has 2 aromatic heterocycles. The zero-order chi connectivity index (χ0) is 13.9. The molecule has 0 spiro atoms. The van der Waals surface area contributed by atoms with E-state index >= 15 is 0 Å². The maximum atomic E-state index is 6.01. The van der Waals surface area contributed by atoms with Gasteiger partial charge in [0, 0.05) is 6.07 Å². The Morgan fingerprint density at radius 2 is 1.95 bits per heavy atom. The molecule has 1 aliphatic rings. The minimum atomic E-state index is -0.0267. The Morgan fingerprint density at radius 3 is 2.70 bits per heavy atom. The van der Waals surface area contributed by atoms with E-state index in [0.717, 1.165) is 22.0 Å². The maximum Gasteiger partial charge on any atom is 0.162 e. The molecule has 0 saturated heterocycles. The van der Waals surface area contributed by atoms with Crippen molar-refractivity contribution >= 4 is 21.6 Å². The van der Waals surface area contributed by atoms with Crippen LogP contribution in [0.2, 0.25) is 0 Å². The van der Waals surface area contributed by atoms with E-state index in [4.69, 9.17) is 14.1 Å². The second-order valence-electron chi connectivity index (χ2n) is 5.41. The largest absolute Gasteiger partial charge is 0.479 e. The molecule has 0 N–H and O–H groups in total. The van der Waals surface area contributed by atoms with E-state index in [1.54, 1.807) is 17.6 Å². The molecular formula is C16H15NO2S. The van der Waals surface area contributed by atoms with Crippen LogP contribution >= 0.6 is 11.3 Å². The van der Waals surface area contributed by atoms with Crippen molar-refractivity contribution in [2.45, 2.75) is 32.8 Å². The summed E-state index contributed by atoms with van der Waals surface area (Å²) in [5.41, 5.74) is 3.59. The van der Waals surface area contributed by atoms with E-state index < -0.39 is 0 Å². The fraction of sp³-hybridized carbons (Fsp3) is 0.312. The topological polar surface area (TPSA) is 35.3 Å². The monoisotopic (exact) mass is 285 g/mol. The molecule has 2 unspecified atom stereocenters. The number of hydrogen-bond donors (Lipinski definition) is 0. The fourth-order valence-corrected chi connectivity index (χ4v) is 4.02. The number of furan rings is 1. The SMILES string of the molecule is Cc1ccc(C)c2sc(C3Oc4ccoc4C3C)nc12. The number of benzene rings is 1. The first-order valence-corrected chi connectivity index (χ1v) is 7.57. The normalized spacial score (nSPS) is 21.1. The Hall–Kier alpha value is -1.81. The highest BCUT2D eigenvalue weighted by molar-refractivity contribution is 7.18. The van der Waals surface area contributed by atoms with E-state index in [2.05, 4.69) is 32.9 Å². The Bertz CT molecular complexity index is 763. The first kappa shape index (κ1) is 12.0. The number of thiazole rings is 1. The fourth-order valence-electron chi connectivity index (χ4n) is 2.78. The predicted molar refractivity (Wildman–Crippen MR) is 79.6 cm³/mol. The van der Waals surface area contributed by atoms with Gasteiger partial charge in [0.15, 0.2) is 17.6 Å². The van der Waals surface area contributed by atoms with Crippen LogP contribution in [-0.2, 0) is 0 Å². The summed E-state index contributed by atoms with van der Waals surface area (Å²) < 4.78 is 12.8. The molecule has 20 heavy (non-hydrogen) atoms. The van der Waals surface area contributed by atoms with E-state index in [1.807, 2.05) is 6.07 Å². The highest BCUT2D eigenvalue weighted by Crippen LogP contribution is 2.48. The van der Waals surface area contributed by atoms with Gasteiger partial charge >= 0.3 is 0 Å². The van der Waals surface area contributed by atoms with Crippen LogP contribution in [-0.4, -0.2) is 4.98 Å². The minimum absolute atomic E-state index is 0.0267. The zero-order valence-electron chi connectivity index (χ0n) is 11.6. The lowest BCUT2D eigenvalue weighted by Gasteiger charge is -2.11. The third-order valence-electron chi connectivity index (χ3n) is 3.98. The van der Waals surface area contributed by atoms with Gasteiger partial charge in [-0.1, -0.05) is 19.1 Å². The Balaban J connectivity index is 1.82. The molecule has 0 bridgehead atoms. The quantitative estimate of drug-likeness (QED) is 0.647. The second-order valence-corrected chi connectivity index (χ2v) is 6.44. The van der Waals surface area contributed by atoms with Crippen molar-refractivity contribution in [1.29, 1.82) is 0 Å². The number of hydrogen-bond acceptors (Lipinski definition) is 4. The molecule has 1 aromatic carbocycles. The van der Waals surface area contributed by atoms with Crippen molar-refractivity contribution in [3.8, 4) is 5.75 Å². The van der Waals surface area contributed by atoms with Gasteiger partial charge in [0.05, 0.1) is 22.4 Å². The van der Waals surface area contributed by atoms with Crippen molar-refractivity contribution in [3.63, 3.8) is 0 Å². The number of aryl methyl sites for hydroxylation is 2. The summed E-state index contributed by atoms with van der Waals surface area (Å²) in [5.74, 6) is 2.00. The number of ether oxygens (including phenoxy) is 1. The van der Waals surface area contributed by atoms with Gasteiger partial charge in [-0.05, 0) is 25.0 Å². The summed E-state index contributed by atoms with van der Waals surface area (Å²) in [6.45, 7) is 6.37. The molecule has 0 amide bonds. The highest BCUT2D eigenvalue weighted by atomic mass is 32.1. The van der Waals surface area contributed by atoms with Crippen LogP contribution in [0.3, 0.4) is 0 Å². The first-order valence-electron chi connectivity index (χ1n) is 6.76. The Kier molecular flexibility index (Phi) is 2.45. The molecule has 4 rings (SSSR count). The van der Waals surface area contributed by atoms with Gasteiger partial charge in [-0.25, -0.2) is 4.98 Å². The van der Waals surface area contributed by atoms with Crippen LogP contribution in [0.5, 0.6) is 5.75 Å². The molecule has 3 nitrogen and oxygen atoms in total. The number of aromatic nitrogens is 1. The summed E-state index contributed by atoms with van der Waals surface area (Å²) in [7, 11) is 0. The molecule has 0 radical (unpaired) electrons. The van der Waals surface area contributed by atoms with Gasteiger partial charge in [0.25, 0.3) is 0 Å². The Labute approximate surface area is 121 Å². The molecule has 3 aromatic rings. The highest BCUT2D eigenvalue weighted by Gasteiger charge is 2.37. The van der Waals surface area contributed by atoms with E-state index in [0.29, 0.717) is 0 Å². The molecule has 0 fully saturated rings. The van der Waals surface area contributed by atoms with Crippen LogP contribution in [0.1, 0.15) is 40.8 Å². The summed E-state index contributed by atoms with van der Waals surface area (Å²) in [6, 6.07) is 6.17. The average molecular weight is 285 g/mol. The lowest BCUT2D eigenvalue weighted by Crippen LogP contribution is -2.06. The number of nitrogens with zero attached hydrogens (tertiary/aromatic N) is 1. The van der Waals surface area contributed by atoms with Crippen molar-refractivity contribution < 1.29 is 9.15 Å². The molecule has 102 valence electrons. The summed E-state index contributed by atoms with van der Waals surface area (Å²) in [6.07, 6.45) is 1.66. The molecular weight excluding hydrogens is 270 g/mol. The first-order chi connectivity index (χ1) is 9.65.